The first-order valence-electron chi connectivity index (χ1n) is 3.67. The maximum absolute atomic E-state index is 5.82. The number of halogens is 2. The number of benzene rings is 1. The molecule has 13 heavy (non-hydrogen) atoms. The fourth-order valence-corrected chi connectivity index (χ4v) is 3.65. The fraction of sp³-hybridized carbons (Fsp3) is 0.111. The van der Waals surface area contributed by atoms with Crippen LogP contribution in [0.1, 0.15) is 5.56 Å². The Morgan fingerprint density at radius 2 is 2.23 bits per heavy atom. The summed E-state index contributed by atoms with van der Waals surface area (Å²) in [4.78, 5) is 1.04. The number of thiophene rings is 1. The Bertz CT molecular complexity index is 450. The third kappa shape index (κ3) is 1.71. The molecule has 0 unspecified atom stereocenters. The molecule has 1 aromatic heterocycles. The van der Waals surface area contributed by atoms with Gasteiger partial charge in [-0.25, -0.2) is 0 Å². The van der Waals surface area contributed by atoms with E-state index in [1.165, 1.54) is 19.2 Å². The zero-order valence-corrected chi connectivity index (χ0v) is 11.2. The van der Waals surface area contributed by atoms with E-state index in [0.29, 0.717) is 5.88 Å². The van der Waals surface area contributed by atoms with Crippen molar-refractivity contribution >= 4 is 68.2 Å². The standard InChI is InChI=1S/C9H6ClIS2/c10-3-5-4-13-9-6(5)1-2-7(12)8(9)11/h1-2,4,12H,3H2. The molecule has 0 radical (unpaired) electrons. The topological polar surface area (TPSA) is 0 Å². The Kier molecular flexibility index (Phi) is 3.07. The minimum atomic E-state index is 0.585. The molecule has 0 amide bonds. The van der Waals surface area contributed by atoms with E-state index in [1.54, 1.807) is 11.3 Å². The van der Waals surface area contributed by atoms with Gasteiger partial charge in [0.1, 0.15) is 0 Å². The zero-order chi connectivity index (χ0) is 9.42. The molecule has 0 aliphatic carbocycles. The van der Waals surface area contributed by atoms with Gasteiger partial charge < -0.3 is 0 Å². The molecule has 0 fully saturated rings. The third-order valence-electron chi connectivity index (χ3n) is 1.89. The molecule has 0 N–H and O–H groups in total. The average molecular weight is 341 g/mol. The first-order chi connectivity index (χ1) is 6.24. The van der Waals surface area contributed by atoms with Gasteiger partial charge in [-0.2, -0.15) is 0 Å². The van der Waals surface area contributed by atoms with E-state index < -0.39 is 0 Å². The summed E-state index contributed by atoms with van der Waals surface area (Å²) in [6, 6.07) is 4.12. The van der Waals surface area contributed by atoms with E-state index in [2.05, 4.69) is 46.7 Å². The number of hydrogen-bond donors (Lipinski definition) is 1. The van der Waals surface area contributed by atoms with Gasteiger partial charge in [0.25, 0.3) is 0 Å². The van der Waals surface area contributed by atoms with Gasteiger partial charge in [-0.1, -0.05) is 6.07 Å². The Labute approximate surface area is 105 Å². The van der Waals surface area contributed by atoms with Crippen LogP contribution in [0, 0.1) is 3.57 Å². The second-order valence-corrected chi connectivity index (χ2v) is 5.38. The van der Waals surface area contributed by atoms with Crippen molar-refractivity contribution in [1.29, 1.82) is 0 Å². The molecule has 0 atom stereocenters. The number of alkyl halides is 1. The summed E-state index contributed by atoms with van der Waals surface area (Å²) < 4.78 is 2.52. The second kappa shape index (κ2) is 3.96. The van der Waals surface area contributed by atoms with Gasteiger partial charge in [-0.15, -0.1) is 35.6 Å². The van der Waals surface area contributed by atoms with Crippen LogP contribution in [0.25, 0.3) is 10.1 Å². The molecule has 1 heterocycles. The predicted molar refractivity (Wildman–Crippen MR) is 71.4 cm³/mol. The Hall–Kier alpha value is 0.550. The quantitative estimate of drug-likeness (QED) is 0.440. The van der Waals surface area contributed by atoms with Crippen molar-refractivity contribution in [2.45, 2.75) is 10.8 Å². The lowest BCUT2D eigenvalue weighted by molar-refractivity contribution is 1.45. The minimum absolute atomic E-state index is 0.585. The molecule has 2 rings (SSSR count). The van der Waals surface area contributed by atoms with E-state index in [-0.39, 0.29) is 0 Å². The molecule has 1 aromatic carbocycles. The molecule has 0 aliphatic heterocycles. The molecule has 0 saturated heterocycles. The first kappa shape index (κ1) is 10.1. The molecule has 68 valence electrons. The molecule has 0 aliphatic rings. The highest BCUT2D eigenvalue weighted by Crippen LogP contribution is 2.34. The average Bonchev–Trinajstić information content (AvgIpc) is 2.55. The van der Waals surface area contributed by atoms with E-state index in [1.807, 2.05) is 6.07 Å². The minimum Gasteiger partial charge on any atom is -0.142 e. The van der Waals surface area contributed by atoms with Crippen molar-refractivity contribution in [3.8, 4) is 0 Å². The van der Waals surface area contributed by atoms with Crippen molar-refractivity contribution in [3.63, 3.8) is 0 Å². The van der Waals surface area contributed by atoms with Crippen molar-refractivity contribution in [1.82, 2.24) is 0 Å². The summed E-state index contributed by atoms with van der Waals surface area (Å²) in [5.74, 6) is 0.585. The van der Waals surface area contributed by atoms with Crippen LogP contribution in [0.2, 0.25) is 0 Å². The van der Waals surface area contributed by atoms with Crippen LogP contribution in [0.5, 0.6) is 0 Å². The number of rotatable bonds is 1. The van der Waals surface area contributed by atoms with Gasteiger partial charge in [-0.3, -0.25) is 0 Å². The summed E-state index contributed by atoms with van der Waals surface area (Å²) in [6.07, 6.45) is 0. The van der Waals surface area contributed by atoms with Gasteiger partial charge in [0.05, 0.1) is 0 Å². The highest BCUT2D eigenvalue weighted by molar-refractivity contribution is 14.1. The van der Waals surface area contributed by atoms with Crippen LogP contribution in [0.15, 0.2) is 22.4 Å². The molecule has 0 saturated carbocycles. The molecule has 0 bridgehead atoms. The second-order valence-electron chi connectivity index (χ2n) is 2.67. The van der Waals surface area contributed by atoms with Gasteiger partial charge in [0.2, 0.25) is 0 Å². The first-order valence-corrected chi connectivity index (χ1v) is 6.61. The van der Waals surface area contributed by atoms with E-state index >= 15 is 0 Å². The maximum Gasteiger partial charge on any atom is 0.0490 e. The Balaban J connectivity index is 2.81. The van der Waals surface area contributed by atoms with Crippen LogP contribution < -0.4 is 0 Å². The molecule has 0 nitrogen and oxygen atoms in total. The summed E-state index contributed by atoms with van der Waals surface area (Å²) in [5.41, 5.74) is 1.22. The van der Waals surface area contributed by atoms with Crippen molar-refractivity contribution in [2.75, 3.05) is 0 Å². The van der Waals surface area contributed by atoms with E-state index in [4.69, 9.17) is 11.6 Å². The predicted octanol–water partition coefficient (Wildman–Crippen LogP) is 4.53. The smallest absolute Gasteiger partial charge is 0.0490 e. The normalized spacial score (nSPS) is 11.0. The lowest BCUT2D eigenvalue weighted by Crippen LogP contribution is -1.77. The molecule has 4 heteroatoms. The highest BCUT2D eigenvalue weighted by Gasteiger charge is 2.07. The SMILES string of the molecule is Sc1ccc2c(CCl)csc2c1I. The van der Waals surface area contributed by atoms with Gasteiger partial charge in [0, 0.05) is 19.0 Å². The summed E-state index contributed by atoms with van der Waals surface area (Å²) in [5, 5.41) is 3.38. The Morgan fingerprint density at radius 1 is 1.46 bits per heavy atom. The molecular formula is C9H6ClIS2. The monoisotopic (exact) mass is 340 g/mol. The van der Waals surface area contributed by atoms with Crippen molar-refractivity contribution in [3.05, 3.63) is 26.6 Å². The van der Waals surface area contributed by atoms with E-state index in [9.17, 15) is 0 Å². The number of thiol groups is 1. The van der Waals surface area contributed by atoms with Crippen molar-refractivity contribution in [2.24, 2.45) is 0 Å². The van der Waals surface area contributed by atoms with Gasteiger partial charge in [0.15, 0.2) is 0 Å². The van der Waals surface area contributed by atoms with Crippen LogP contribution in [0.3, 0.4) is 0 Å². The van der Waals surface area contributed by atoms with Crippen LogP contribution >= 0.6 is 58.2 Å². The summed E-state index contributed by atoms with van der Waals surface area (Å²) >= 11 is 14.3. The van der Waals surface area contributed by atoms with Gasteiger partial charge >= 0.3 is 0 Å². The third-order valence-corrected chi connectivity index (χ3v) is 5.52. The largest absolute Gasteiger partial charge is 0.142 e. The fourth-order valence-electron chi connectivity index (χ4n) is 1.21. The van der Waals surface area contributed by atoms with Crippen LogP contribution in [-0.4, -0.2) is 0 Å². The highest BCUT2D eigenvalue weighted by atomic mass is 127. The molecule has 2 aromatic rings. The number of hydrogen-bond acceptors (Lipinski definition) is 2. The molecular weight excluding hydrogens is 335 g/mol. The maximum atomic E-state index is 5.82. The van der Waals surface area contributed by atoms with Gasteiger partial charge in [-0.05, 0) is 45.0 Å². The summed E-state index contributed by atoms with van der Waals surface area (Å²) in [7, 11) is 0. The van der Waals surface area contributed by atoms with Crippen LogP contribution in [0.4, 0.5) is 0 Å². The molecule has 0 spiro atoms. The van der Waals surface area contributed by atoms with Crippen LogP contribution in [-0.2, 0) is 5.88 Å². The lowest BCUT2D eigenvalue weighted by atomic mass is 10.2. The summed E-state index contributed by atoms with van der Waals surface area (Å²) in [6.45, 7) is 0. The number of fused-ring (bicyclic) bond motifs is 1. The van der Waals surface area contributed by atoms with E-state index in [0.717, 1.165) is 4.90 Å². The van der Waals surface area contributed by atoms with Crippen molar-refractivity contribution < 1.29 is 0 Å². The lowest BCUT2D eigenvalue weighted by Gasteiger charge is -1.98. The zero-order valence-electron chi connectivity index (χ0n) is 6.55. The Morgan fingerprint density at radius 3 is 2.92 bits per heavy atom.